The van der Waals surface area contributed by atoms with Crippen molar-refractivity contribution in [3.63, 3.8) is 0 Å². The summed E-state index contributed by atoms with van der Waals surface area (Å²) in [5.74, 6) is 0.797. The molecular weight excluding hydrogens is 224 g/mol. The van der Waals surface area contributed by atoms with E-state index >= 15 is 0 Å². The first-order chi connectivity index (χ1) is 8.84. The zero-order chi connectivity index (χ0) is 12.4. The molecule has 1 aliphatic rings. The minimum atomic E-state index is 0.797. The Balaban J connectivity index is 2.09. The fourth-order valence-electron chi connectivity index (χ4n) is 2.00. The molecule has 0 unspecified atom stereocenters. The van der Waals surface area contributed by atoms with Gasteiger partial charge in [-0.3, -0.25) is 5.43 Å². The number of hydrogen-bond donors (Lipinski definition) is 3. The maximum atomic E-state index is 4.15. The summed E-state index contributed by atoms with van der Waals surface area (Å²) < 4.78 is 0. The van der Waals surface area contributed by atoms with Crippen LogP contribution in [0.1, 0.15) is 11.1 Å². The highest BCUT2D eigenvalue weighted by Crippen LogP contribution is 2.24. The van der Waals surface area contributed by atoms with E-state index in [9.17, 15) is 0 Å². The van der Waals surface area contributed by atoms with Gasteiger partial charge in [0.25, 0.3) is 0 Å². The van der Waals surface area contributed by atoms with Gasteiger partial charge in [0, 0.05) is 5.56 Å². The van der Waals surface area contributed by atoms with E-state index < -0.39 is 0 Å². The van der Waals surface area contributed by atoms with Crippen LogP contribution in [0.3, 0.4) is 0 Å². The summed E-state index contributed by atoms with van der Waals surface area (Å²) in [6, 6.07) is 16.7. The van der Waals surface area contributed by atoms with E-state index in [1.54, 1.807) is 0 Å². The predicted octanol–water partition coefficient (Wildman–Crippen LogP) is 1.94. The highest BCUT2D eigenvalue weighted by atomic mass is 15.8. The fraction of sp³-hybridized carbons (Fsp3) is 0.0714. The zero-order valence-corrected chi connectivity index (χ0v) is 10.1. The largest absolute Gasteiger partial charge is 0.285 e. The Kier molecular flexibility index (Phi) is 2.70. The molecule has 0 spiro atoms. The molecule has 0 saturated carbocycles. The third-order valence-electron chi connectivity index (χ3n) is 2.95. The monoisotopic (exact) mass is 238 g/mol. The fourth-order valence-corrected chi connectivity index (χ4v) is 2.00. The number of hydrogen-bond acceptors (Lipinski definition) is 4. The lowest BCUT2D eigenvalue weighted by Gasteiger charge is -2.09. The second kappa shape index (κ2) is 4.50. The lowest BCUT2D eigenvalue weighted by Crippen LogP contribution is -2.35. The van der Waals surface area contributed by atoms with Crippen LogP contribution in [-0.4, -0.2) is 5.84 Å². The Morgan fingerprint density at radius 1 is 0.889 bits per heavy atom. The molecule has 0 fully saturated rings. The van der Waals surface area contributed by atoms with Crippen molar-refractivity contribution >= 4 is 5.84 Å². The minimum absolute atomic E-state index is 0.797. The first-order valence-electron chi connectivity index (χ1n) is 5.85. The third-order valence-corrected chi connectivity index (χ3v) is 2.95. The van der Waals surface area contributed by atoms with Gasteiger partial charge in [-0.05, 0) is 18.1 Å². The van der Waals surface area contributed by atoms with E-state index in [2.05, 4.69) is 64.9 Å². The molecular formula is C14H14N4. The molecule has 4 heteroatoms. The molecule has 0 bridgehead atoms. The zero-order valence-electron chi connectivity index (χ0n) is 10.1. The van der Waals surface area contributed by atoms with Crippen LogP contribution in [-0.2, 0) is 0 Å². The number of hydrazone groups is 1. The molecule has 0 radical (unpaired) electrons. The van der Waals surface area contributed by atoms with E-state index in [0.29, 0.717) is 0 Å². The van der Waals surface area contributed by atoms with Crippen LogP contribution in [0.5, 0.6) is 0 Å². The van der Waals surface area contributed by atoms with Gasteiger partial charge in [-0.15, -0.1) is 10.6 Å². The second-order valence-electron chi connectivity index (χ2n) is 4.23. The van der Waals surface area contributed by atoms with Crippen LogP contribution in [0.2, 0.25) is 0 Å². The van der Waals surface area contributed by atoms with Gasteiger partial charge in [-0.25, -0.2) is 5.53 Å². The molecule has 18 heavy (non-hydrogen) atoms. The summed E-state index contributed by atoms with van der Waals surface area (Å²) in [5, 5.41) is 4.15. The third kappa shape index (κ3) is 1.94. The Morgan fingerprint density at radius 3 is 2.28 bits per heavy atom. The van der Waals surface area contributed by atoms with Crippen LogP contribution in [0.4, 0.5) is 0 Å². The van der Waals surface area contributed by atoms with E-state index in [-0.39, 0.29) is 0 Å². The number of nitrogens with one attached hydrogen (secondary N) is 3. The van der Waals surface area contributed by atoms with Crippen LogP contribution in [0.15, 0.2) is 53.6 Å². The van der Waals surface area contributed by atoms with Crippen molar-refractivity contribution in [3.8, 4) is 11.1 Å². The summed E-state index contributed by atoms with van der Waals surface area (Å²) in [5.41, 5.74) is 13.1. The summed E-state index contributed by atoms with van der Waals surface area (Å²) in [4.78, 5) is 0. The van der Waals surface area contributed by atoms with Crippen LogP contribution < -0.4 is 16.5 Å². The van der Waals surface area contributed by atoms with Crippen LogP contribution in [0.25, 0.3) is 11.1 Å². The van der Waals surface area contributed by atoms with Gasteiger partial charge >= 0.3 is 0 Å². The molecule has 3 rings (SSSR count). The lowest BCUT2D eigenvalue weighted by molar-refractivity contribution is 0.577. The van der Waals surface area contributed by atoms with Crippen molar-refractivity contribution in [2.45, 2.75) is 6.92 Å². The highest BCUT2D eigenvalue weighted by Gasteiger charge is 2.12. The number of aryl methyl sites for hydroxylation is 1. The van der Waals surface area contributed by atoms with Crippen LogP contribution >= 0.6 is 0 Å². The molecule has 0 atom stereocenters. The molecule has 0 aromatic heterocycles. The molecule has 90 valence electrons. The minimum Gasteiger partial charge on any atom is -0.285 e. The standard InChI is InChI=1S/C14H14N4/c1-10-6-8-11(9-7-10)12-4-2-3-5-13(12)14-15-17-18-16-14/h2-9,17-18H,1H3,(H,15,16). The average Bonchev–Trinajstić information content (AvgIpc) is 2.93. The van der Waals surface area contributed by atoms with Gasteiger partial charge < -0.3 is 0 Å². The van der Waals surface area contributed by atoms with Gasteiger partial charge in [0.1, 0.15) is 0 Å². The summed E-state index contributed by atoms with van der Waals surface area (Å²) >= 11 is 0. The maximum Gasteiger partial charge on any atom is 0.171 e. The molecule has 2 aromatic carbocycles. The summed E-state index contributed by atoms with van der Waals surface area (Å²) in [7, 11) is 0. The smallest absolute Gasteiger partial charge is 0.171 e. The topological polar surface area (TPSA) is 48.5 Å². The number of hydrazine groups is 2. The molecule has 4 nitrogen and oxygen atoms in total. The number of rotatable bonds is 2. The quantitative estimate of drug-likeness (QED) is 0.749. The molecule has 0 amide bonds. The average molecular weight is 238 g/mol. The normalized spacial score (nSPS) is 13.7. The van der Waals surface area contributed by atoms with Gasteiger partial charge in [0.05, 0.1) is 0 Å². The van der Waals surface area contributed by atoms with E-state index in [1.165, 1.54) is 11.1 Å². The summed E-state index contributed by atoms with van der Waals surface area (Å²) in [6.45, 7) is 2.09. The van der Waals surface area contributed by atoms with E-state index in [1.807, 2.05) is 12.1 Å². The Bertz CT molecular complexity index is 587. The molecule has 0 saturated heterocycles. The number of amidine groups is 1. The van der Waals surface area contributed by atoms with Crippen molar-refractivity contribution in [1.82, 2.24) is 16.5 Å². The maximum absolute atomic E-state index is 4.15. The van der Waals surface area contributed by atoms with Crippen molar-refractivity contribution < 1.29 is 0 Å². The van der Waals surface area contributed by atoms with Crippen LogP contribution in [0, 0.1) is 6.92 Å². The van der Waals surface area contributed by atoms with Crippen molar-refractivity contribution in [1.29, 1.82) is 0 Å². The molecule has 1 aliphatic heterocycles. The molecule has 1 heterocycles. The molecule has 3 N–H and O–H groups in total. The first-order valence-corrected chi connectivity index (χ1v) is 5.85. The van der Waals surface area contributed by atoms with Gasteiger partial charge in [-0.2, -0.15) is 0 Å². The predicted molar refractivity (Wildman–Crippen MR) is 72.6 cm³/mol. The van der Waals surface area contributed by atoms with Crippen molar-refractivity contribution in [2.75, 3.05) is 0 Å². The SMILES string of the molecule is Cc1ccc(-c2ccccc2C2=NNNN2)cc1. The molecule has 0 aliphatic carbocycles. The lowest BCUT2D eigenvalue weighted by atomic mass is 9.98. The van der Waals surface area contributed by atoms with Gasteiger partial charge in [-0.1, -0.05) is 54.1 Å². The second-order valence-corrected chi connectivity index (χ2v) is 4.23. The Morgan fingerprint density at radius 2 is 1.61 bits per heavy atom. The van der Waals surface area contributed by atoms with E-state index in [4.69, 9.17) is 0 Å². The highest BCUT2D eigenvalue weighted by molar-refractivity contribution is 6.04. The van der Waals surface area contributed by atoms with Gasteiger partial charge in [0.2, 0.25) is 0 Å². The Hall–Kier alpha value is -2.33. The molecule has 2 aromatic rings. The van der Waals surface area contributed by atoms with Crippen molar-refractivity contribution in [2.24, 2.45) is 5.10 Å². The first kappa shape index (κ1) is 10.8. The van der Waals surface area contributed by atoms with Gasteiger partial charge in [0.15, 0.2) is 5.84 Å². The van der Waals surface area contributed by atoms with E-state index in [0.717, 1.165) is 17.0 Å². The summed E-state index contributed by atoms with van der Waals surface area (Å²) in [6.07, 6.45) is 0. The van der Waals surface area contributed by atoms with Crippen molar-refractivity contribution in [3.05, 3.63) is 59.7 Å². The number of nitrogens with zero attached hydrogens (tertiary/aromatic N) is 1. The number of benzene rings is 2. The Labute approximate surface area is 106 Å².